The van der Waals surface area contributed by atoms with Gasteiger partial charge in [0.1, 0.15) is 30.2 Å². The minimum atomic E-state index is -3.61. The second kappa shape index (κ2) is 7.36. The van der Waals surface area contributed by atoms with Crippen molar-refractivity contribution < 1.29 is 17.9 Å². The van der Waals surface area contributed by atoms with Crippen LogP contribution >= 0.6 is 11.3 Å². The Labute approximate surface area is 179 Å². The number of hydrogen-bond acceptors (Lipinski definition) is 8. The van der Waals surface area contributed by atoms with Crippen LogP contribution in [0.5, 0.6) is 11.5 Å². The SMILES string of the molecule is Cc1sc2ncnc(N3CCN(S(=O)(=O)c4ccc5c(c4)OCCO5)CC3)c2c1C. The molecule has 30 heavy (non-hydrogen) atoms. The van der Waals surface area contributed by atoms with E-state index in [1.807, 2.05) is 0 Å². The summed E-state index contributed by atoms with van der Waals surface area (Å²) in [7, 11) is -3.61. The average molecular weight is 447 g/mol. The second-order valence-corrected chi connectivity index (χ2v) is 10.5. The number of hydrogen-bond donors (Lipinski definition) is 0. The van der Waals surface area contributed by atoms with Crippen molar-refractivity contribution in [3.05, 3.63) is 35.0 Å². The Kier molecular flexibility index (Phi) is 4.79. The largest absolute Gasteiger partial charge is 0.486 e. The summed E-state index contributed by atoms with van der Waals surface area (Å²) in [5.74, 6) is 1.95. The molecule has 10 heteroatoms. The van der Waals surface area contributed by atoms with Crippen LogP contribution in [0.15, 0.2) is 29.4 Å². The summed E-state index contributed by atoms with van der Waals surface area (Å²) < 4.78 is 38.9. The van der Waals surface area contributed by atoms with E-state index >= 15 is 0 Å². The van der Waals surface area contributed by atoms with Gasteiger partial charge >= 0.3 is 0 Å². The molecule has 5 rings (SSSR count). The van der Waals surface area contributed by atoms with Crippen molar-refractivity contribution in [1.82, 2.24) is 14.3 Å². The van der Waals surface area contributed by atoms with Crippen LogP contribution in [0.2, 0.25) is 0 Å². The topological polar surface area (TPSA) is 84.9 Å². The maximum Gasteiger partial charge on any atom is 0.243 e. The maximum atomic E-state index is 13.2. The lowest BCUT2D eigenvalue weighted by Gasteiger charge is -2.35. The first-order valence-corrected chi connectivity index (χ1v) is 12.1. The third-order valence-corrected chi connectivity index (χ3v) is 8.64. The van der Waals surface area contributed by atoms with Gasteiger partial charge in [0.2, 0.25) is 10.0 Å². The van der Waals surface area contributed by atoms with E-state index < -0.39 is 10.0 Å². The number of piperazine rings is 1. The number of thiophene rings is 1. The summed E-state index contributed by atoms with van der Waals surface area (Å²) in [6.07, 6.45) is 1.59. The summed E-state index contributed by atoms with van der Waals surface area (Å²) >= 11 is 1.66. The number of nitrogens with zero attached hydrogens (tertiary/aromatic N) is 4. The molecule has 1 aromatic carbocycles. The molecule has 1 saturated heterocycles. The molecule has 0 aliphatic carbocycles. The zero-order valence-corrected chi connectivity index (χ0v) is 18.4. The van der Waals surface area contributed by atoms with Crippen LogP contribution in [0, 0.1) is 13.8 Å². The number of aromatic nitrogens is 2. The van der Waals surface area contributed by atoms with Crippen molar-refractivity contribution in [2.45, 2.75) is 18.7 Å². The highest BCUT2D eigenvalue weighted by molar-refractivity contribution is 7.89. The number of ether oxygens (including phenoxy) is 2. The van der Waals surface area contributed by atoms with E-state index in [2.05, 4.69) is 28.7 Å². The van der Waals surface area contributed by atoms with Crippen molar-refractivity contribution >= 4 is 37.4 Å². The van der Waals surface area contributed by atoms with E-state index in [0.29, 0.717) is 50.9 Å². The maximum absolute atomic E-state index is 13.2. The van der Waals surface area contributed by atoms with Crippen LogP contribution in [-0.4, -0.2) is 62.1 Å². The Balaban J connectivity index is 1.37. The lowest BCUT2D eigenvalue weighted by molar-refractivity contribution is 0.171. The molecule has 0 spiro atoms. The van der Waals surface area contributed by atoms with Gasteiger partial charge in [-0.2, -0.15) is 4.31 Å². The van der Waals surface area contributed by atoms with E-state index in [1.54, 1.807) is 35.9 Å². The molecule has 158 valence electrons. The minimum absolute atomic E-state index is 0.230. The fourth-order valence-electron chi connectivity index (χ4n) is 3.88. The summed E-state index contributed by atoms with van der Waals surface area (Å²) in [4.78, 5) is 13.5. The predicted molar refractivity (Wildman–Crippen MR) is 115 cm³/mol. The van der Waals surface area contributed by atoms with Crippen LogP contribution in [0.4, 0.5) is 5.82 Å². The fourth-order valence-corrected chi connectivity index (χ4v) is 6.31. The predicted octanol–water partition coefficient (Wildman–Crippen LogP) is 2.59. The summed E-state index contributed by atoms with van der Waals surface area (Å²) in [5.41, 5.74) is 1.19. The normalized spacial score (nSPS) is 17.5. The van der Waals surface area contributed by atoms with E-state index in [1.165, 1.54) is 14.7 Å². The molecule has 0 bridgehead atoms. The number of fused-ring (bicyclic) bond motifs is 2. The van der Waals surface area contributed by atoms with Gasteiger partial charge in [0.25, 0.3) is 0 Å². The second-order valence-electron chi connectivity index (χ2n) is 7.36. The molecule has 0 atom stereocenters. The first-order chi connectivity index (χ1) is 14.4. The summed E-state index contributed by atoms with van der Waals surface area (Å²) in [5, 5.41) is 1.07. The molecule has 0 N–H and O–H groups in total. The number of sulfonamides is 1. The lowest BCUT2D eigenvalue weighted by atomic mass is 10.2. The number of rotatable bonds is 3. The Hall–Kier alpha value is -2.43. The van der Waals surface area contributed by atoms with Crippen molar-refractivity contribution in [3.8, 4) is 11.5 Å². The van der Waals surface area contributed by atoms with Gasteiger partial charge < -0.3 is 14.4 Å². The Morgan fingerprint density at radius 3 is 2.50 bits per heavy atom. The highest BCUT2D eigenvalue weighted by atomic mass is 32.2. The van der Waals surface area contributed by atoms with Crippen LogP contribution < -0.4 is 14.4 Å². The molecule has 4 heterocycles. The molecule has 0 unspecified atom stereocenters. The molecule has 0 amide bonds. The molecular formula is C20H22N4O4S2. The number of anilines is 1. The van der Waals surface area contributed by atoms with Gasteiger partial charge in [0.15, 0.2) is 11.5 Å². The van der Waals surface area contributed by atoms with Crippen molar-refractivity contribution in [1.29, 1.82) is 0 Å². The smallest absolute Gasteiger partial charge is 0.243 e. The van der Waals surface area contributed by atoms with E-state index in [0.717, 1.165) is 16.0 Å². The average Bonchev–Trinajstić information content (AvgIpc) is 3.07. The lowest BCUT2D eigenvalue weighted by Crippen LogP contribution is -2.49. The Morgan fingerprint density at radius 1 is 1.00 bits per heavy atom. The van der Waals surface area contributed by atoms with Crippen molar-refractivity contribution in [2.24, 2.45) is 0 Å². The molecule has 0 saturated carbocycles. The van der Waals surface area contributed by atoms with Gasteiger partial charge in [0.05, 0.1) is 10.3 Å². The van der Waals surface area contributed by atoms with Gasteiger partial charge in [-0.15, -0.1) is 11.3 Å². The quantitative estimate of drug-likeness (QED) is 0.611. The molecule has 0 radical (unpaired) electrons. The molecular weight excluding hydrogens is 424 g/mol. The van der Waals surface area contributed by atoms with Gasteiger partial charge in [-0.05, 0) is 31.5 Å². The third-order valence-electron chi connectivity index (χ3n) is 5.63. The first kappa shape index (κ1) is 19.5. The monoisotopic (exact) mass is 446 g/mol. The number of aryl methyl sites for hydroxylation is 2. The molecule has 1 fully saturated rings. The zero-order chi connectivity index (χ0) is 20.9. The first-order valence-electron chi connectivity index (χ1n) is 9.80. The molecule has 8 nitrogen and oxygen atoms in total. The minimum Gasteiger partial charge on any atom is -0.486 e. The van der Waals surface area contributed by atoms with E-state index in [9.17, 15) is 8.42 Å². The van der Waals surface area contributed by atoms with Crippen molar-refractivity contribution in [2.75, 3.05) is 44.3 Å². The van der Waals surface area contributed by atoms with Gasteiger partial charge in [-0.25, -0.2) is 18.4 Å². The van der Waals surface area contributed by atoms with Crippen LogP contribution in [-0.2, 0) is 10.0 Å². The Bertz CT molecular complexity index is 1220. The number of benzene rings is 1. The van der Waals surface area contributed by atoms with Gasteiger partial charge in [-0.3, -0.25) is 0 Å². The van der Waals surface area contributed by atoms with Crippen molar-refractivity contribution in [3.63, 3.8) is 0 Å². The van der Waals surface area contributed by atoms with Gasteiger partial charge in [0, 0.05) is 37.1 Å². The summed E-state index contributed by atoms with van der Waals surface area (Å²) in [6.45, 7) is 7.00. The molecule has 2 aromatic heterocycles. The molecule has 2 aliphatic rings. The zero-order valence-electron chi connectivity index (χ0n) is 16.8. The highest BCUT2D eigenvalue weighted by Gasteiger charge is 2.31. The standard InChI is InChI=1S/C20H22N4O4S2/c1-13-14(2)29-20-18(13)19(21-12-22-20)23-5-7-24(8-6-23)30(25,26)15-3-4-16-17(11-15)28-10-9-27-16/h3-4,11-12H,5-10H2,1-2H3. The summed E-state index contributed by atoms with van der Waals surface area (Å²) in [6, 6.07) is 4.80. The van der Waals surface area contributed by atoms with Gasteiger partial charge in [-0.1, -0.05) is 0 Å². The Morgan fingerprint density at radius 2 is 1.73 bits per heavy atom. The highest BCUT2D eigenvalue weighted by Crippen LogP contribution is 2.36. The van der Waals surface area contributed by atoms with Crippen LogP contribution in [0.25, 0.3) is 10.2 Å². The van der Waals surface area contributed by atoms with Crippen LogP contribution in [0.3, 0.4) is 0 Å². The van der Waals surface area contributed by atoms with E-state index in [4.69, 9.17) is 9.47 Å². The van der Waals surface area contributed by atoms with Crippen LogP contribution in [0.1, 0.15) is 10.4 Å². The van der Waals surface area contributed by atoms with E-state index in [-0.39, 0.29) is 4.90 Å². The third kappa shape index (κ3) is 3.19. The molecule has 3 aromatic rings. The fraction of sp³-hybridized carbons (Fsp3) is 0.400. The molecule has 2 aliphatic heterocycles.